The Morgan fingerprint density at radius 2 is 2.00 bits per heavy atom. The number of rotatable bonds is 2. The van der Waals surface area contributed by atoms with Crippen LogP contribution in [0.25, 0.3) is 0 Å². The average molecular weight is 189 g/mol. The fraction of sp³-hybridized carbons (Fsp3) is 0.417. The number of likely N-dealkylation sites (tertiary alicyclic amines) is 1. The molecule has 2 rings (SSSR count). The van der Waals surface area contributed by atoms with Crippen LogP contribution in [-0.4, -0.2) is 23.9 Å². The van der Waals surface area contributed by atoms with Gasteiger partial charge in [-0.3, -0.25) is 4.79 Å². The number of carbonyl (C=O) groups is 1. The second-order valence-corrected chi connectivity index (χ2v) is 3.85. The molecule has 0 saturated carbocycles. The molecular formula is C12H15NO. The third kappa shape index (κ3) is 1.65. The maximum atomic E-state index is 11.8. The minimum Gasteiger partial charge on any atom is -0.338 e. The molecule has 0 bridgehead atoms. The number of hydrogen-bond acceptors (Lipinski definition) is 1. The van der Waals surface area contributed by atoms with E-state index in [9.17, 15) is 4.79 Å². The van der Waals surface area contributed by atoms with Gasteiger partial charge in [-0.25, -0.2) is 0 Å². The van der Waals surface area contributed by atoms with Crippen molar-refractivity contribution in [1.82, 2.24) is 4.90 Å². The highest BCUT2D eigenvalue weighted by molar-refractivity contribution is 5.94. The highest BCUT2D eigenvalue weighted by atomic mass is 16.2. The summed E-state index contributed by atoms with van der Waals surface area (Å²) in [7, 11) is 0. The number of benzene rings is 1. The first-order valence-electron chi connectivity index (χ1n) is 5.15. The van der Waals surface area contributed by atoms with Crippen molar-refractivity contribution < 1.29 is 4.79 Å². The lowest BCUT2D eigenvalue weighted by atomic mass is 9.96. The summed E-state index contributed by atoms with van der Waals surface area (Å²) in [5.74, 6) is 0.901. The van der Waals surface area contributed by atoms with Gasteiger partial charge in [0.05, 0.1) is 0 Å². The van der Waals surface area contributed by atoms with Crippen LogP contribution in [0.4, 0.5) is 0 Å². The van der Waals surface area contributed by atoms with Crippen molar-refractivity contribution in [3.05, 3.63) is 35.9 Å². The Morgan fingerprint density at radius 1 is 1.36 bits per heavy atom. The van der Waals surface area contributed by atoms with Gasteiger partial charge >= 0.3 is 0 Å². The van der Waals surface area contributed by atoms with Gasteiger partial charge in [0, 0.05) is 18.7 Å². The molecule has 74 valence electrons. The SMILES string of the molecule is CCC1CN(C(=O)c2ccccc2)C1. The van der Waals surface area contributed by atoms with Gasteiger partial charge < -0.3 is 4.90 Å². The van der Waals surface area contributed by atoms with Crippen molar-refractivity contribution in [2.75, 3.05) is 13.1 Å². The number of hydrogen-bond donors (Lipinski definition) is 0. The molecule has 0 spiro atoms. The van der Waals surface area contributed by atoms with Crippen LogP contribution >= 0.6 is 0 Å². The van der Waals surface area contributed by atoms with Gasteiger partial charge in [0.25, 0.3) is 5.91 Å². The van der Waals surface area contributed by atoms with E-state index in [1.807, 2.05) is 35.2 Å². The third-order valence-electron chi connectivity index (χ3n) is 2.84. The molecule has 0 atom stereocenters. The highest BCUT2D eigenvalue weighted by Crippen LogP contribution is 2.20. The lowest BCUT2D eigenvalue weighted by Crippen LogP contribution is -2.49. The van der Waals surface area contributed by atoms with E-state index in [0.717, 1.165) is 24.6 Å². The van der Waals surface area contributed by atoms with Gasteiger partial charge in [0.2, 0.25) is 0 Å². The summed E-state index contributed by atoms with van der Waals surface area (Å²) >= 11 is 0. The van der Waals surface area contributed by atoms with Gasteiger partial charge in [0.1, 0.15) is 0 Å². The predicted molar refractivity (Wildman–Crippen MR) is 56.1 cm³/mol. The lowest BCUT2D eigenvalue weighted by Gasteiger charge is -2.38. The molecule has 1 aromatic carbocycles. The molecule has 1 fully saturated rings. The van der Waals surface area contributed by atoms with E-state index >= 15 is 0 Å². The van der Waals surface area contributed by atoms with Crippen molar-refractivity contribution >= 4 is 5.91 Å². The normalized spacial score (nSPS) is 16.5. The van der Waals surface area contributed by atoms with E-state index in [0.29, 0.717) is 0 Å². The fourth-order valence-electron chi connectivity index (χ4n) is 1.76. The Balaban J connectivity index is 1.98. The quantitative estimate of drug-likeness (QED) is 0.698. The zero-order valence-electron chi connectivity index (χ0n) is 8.44. The molecule has 1 aliphatic rings. The van der Waals surface area contributed by atoms with Crippen molar-refractivity contribution in [2.45, 2.75) is 13.3 Å². The zero-order valence-corrected chi connectivity index (χ0v) is 8.44. The summed E-state index contributed by atoms with van der Waals surface area (Å²) in [5, 5.41) is 0. The highest BCUT2D eigenvalue weighted by Gasteiger charge is 2.29. The van der Waals surface area contributed by atoms with Gasteiger partial charge in [-0.15, -0.1) is 0 Å². The van der Waals surface area contributed by atoms with E-state index < -0.39 is 0 Å². The lowest BCUT2D eigenvalue weighted by molar-refractivity contribution is 0.0494. The van der Waals surface area contributed by atoms with Gasteiger partial charge in [-0.2, -0.15) is 0 Å². The molecule has 0 radical (unpaired) electrons. The first-order chi connectivity index (χ1) is 6.81. The molecule has 0 aromatic heterocycles. The van der Waals surface area contributed by atoms with Crippen molar-refractivity contribution in [3.8, 4) is 0 Å². The smallest absolute Gasteiger partial charge is 0.253 e. The maximum absolute atomic E-state index is 11.8. The van der Waals surface area contributed by atoms with E-state index in [1.54, 1.807) is 0 Å². The molecule has 1 saturated heterocycles. The molecule has 1 amide bonds. The summed E-state index contributed by atoms with van der Waals surface area (Å²) < 4.78 is 0. The fourth-order valence-corrected chi connectivity index (χ4v) is 1.76. The molecule has 2 nitrogen and oxygen atoms in total. The van der Waals surface area contributed by atoms with E-state index in [4.69, 9.17) is 0 Å². The Kier molecular flexibility index (Phi) is 2.53. The maximum Gasteiger partial charge on any atom is 0.253 e. The van der Waals surface area contributed by atoms with Crippen molar-refractivity contribution in [3.63, 3.8) is 0 Å². The summed E-state index contributed by atoms with van der Waals surface area (Å²) in [5.41, 5.74) is 0.807. The number of nitrogens with zero attached hydrogens (tertiary/aromatic N) is 1. The van der Waals surface area contributed by atoms with Gasteiger partial charge in [-0.1, -0.05) is 25.1 Å². The summed E-state index contributed by atoms with van der Waals surface area (Å²) in [6.07, 6.45) is 1.18. The van der Waals surface area contributed by atoms with Gasteiger partial charge in [0.15, 0.2) is 0 Å². The standard InChI is InChI=1S/C12H15NO/c1-2-10-8-13(9-10)12(14)11-6-4-3-5-7-11/h3-7,10H,2,8-9H2,1H3. The minimum atomic E-state index is 0.176. The number of amides is 1. The second-order valence-electron chi connectivity index (χ2n) is 3.85. The van der Waals surface area contributed by atoms with E-state index in [1.165, 1.54) is 6.42 Å². The summed E-state index contributed by atoms with van der Waals surface area (Å²) in [4.78, 5) is 13.7. The predicted octanol–water partition coefficient (Wildman–Crippen LogP) is 2.17. The van der Waals surface area contributed by atoms with Crippen LogP contribution in [0.5, 0.6) is 0 Å². The molecule has 0 aliphatic carbocycles. The molecule has 1 heterocycles. The molecule has 0 unspecified atom stereocenters. The van der Waals surface area contributed by atoms with Crippen molar-refractivity contribution in [1.29, 1.82) is 0 Å². The first-order valence-corrected chi connectivity index (χ1v) is 5.15. The Hall–Kier alpha value is -1.31. The second kappa shape index (κ2) is 3.82. The van der Waals surface area contributed by atoms with Crippen LogP contribution in [0.3, 0.4) is 0 Å². The van der Waals surface area contributed by atoms with E-state index in [2.05, 4.69) is 6.92 Å². The summed E-state index contributed by atoms with van der Waals surface area (Å²) in [6.45, 7) is 4.05. The largest absolute Gasteiger partial charge is 0.338 e. The molecule has 14 heavy (non-hydrogen) atoms. The van der Waals surface area contributed by atoms with Crippen molar-refractivity contribution in [2.24, 2.45) is 5.92 Å². The molecule has 1 aliphatic heterocycles. The molecule has 1 aromatic rings. The topological polar surface area (TPSA) is 20.3 Å². The van der Waals surface area contributed by atoms with E-state index in [-0.39, 0.29) is 5.91 Å². The van der Waals surface area contributed by atoms with Crippen LogP contribution in [0.1, 0.15) is 23.7 Å². The molecule has 2 heteroatoms. The average Bonchev–Trinajstić information content (AvgIpc) is 2.17. The van der Waals surface area contributed by atoms with Crippen LogP contribution in [0.15, 0.2) is 30.3 Å². The summed E-state index contributed by atoms with van der Waals surface area (Å²) in [6, 6.07) is 9.50. The van der Waals surface area contributed by atoms with Gasteiger partial charge in [-0.05, 0) is 24.5 Å². The van der Waals surface area contributed by atoms with Crippen LogP contribution in [-0.2, 0) is 0 Å². The Morgan fingerprint density at radius 3 is 2.57 bits per heavy atom. The number of carbonyl (C=O) groups excluding carboxylic acids is 1. The third-order valence-corrected chi connectivity index (χ3v) is 2.84. The molecule has 0 N–H and O–H groups in total. The van der Waals surface area contributed by atoms with Crippen LogP contribution in [0.2, 0.25) is 0 Å². The Bertz CT molecular complexity index is 314. The zero-order chi connectivity index (χ0) is 9.97. The minimum absolute atomic E-state index is 0.176. The first kappa shape index (κ1) is 9.25. The van der Waals surface area contributed by atoms with Crippen LogP contribution in [0, 0.1) is 5.92 Å². The Labute approximate surface area is 84.5 Å². The van der Waals surface area contributed by atoms with Crippen LogP contribution < -0.4 is 0 Å². The molecular weight excluding hydrogens is 174 g/mol. The monoisotopic (exact) mass is 189 g/mol.